The van der Waals surface area contributed by atoms with Gasteiger partial charge in [-0.15, -0.1) is 0 Å². The summed E-state index contributed by atoms with van der Waals surface area (Å²) in [5.41, 5.74) is -3.78. The van der Waals surface area contributed by atoms with E-state index in [1.165, 1.54) is 14.0 Å². The zero-order chi connectivity index (χ0) is 19.2. The molecule has 0 spiro atoms. The van der Waals surface area contributed by atoms with E-state index in [0.717, 1.165) is 12.3 Å². The molecule has 2 aromatic rings. The van der Waals surface area contributed by atoms with Gasteiger partial charge >= 0.3 is 11.9 Å². The first-order valence-electron chi connectivity index (χ1n) is 6.93. The van der Waals surface area contributed by atoms with Crippen molar-refractivity contribution in [1.82, 2.24) is 9.55 Å². The van der Waals surface area contributed by atoms with E-state index in [4.69, 9.17) is 4.74 Å². The molecule has 0 saturated heterocycles. The zero-order valence-corrected chi connectivity index (χ0v) is 14.3. The highest BCUT2D eigenvalue weighted by molar-refractivity contribution is 7.89. The molecule has 1 heterocycles. The Morgan fingerprint density at radius 3 is 2.36 bits per heavy atom. The molecule has 0 saturated carbocycles. The Balaban J connectivity index is 2.90. The van der Waals surface area contributed by atoms with Crippen molar-refractivity contribution < 1.29 is 26.3 Å². The fraction of sp³-hybridized carbons (Fsp3) is 0.429. The van der Waals surface area contributed by atoms with Gasteiger partial charge in [0.25, 0.3) is 5.56 Å². The van der Waals surface area contributed by atoms with Crippen LogP contribution in [0.5, 0.6) is 0 Å². The fourth-order valence-electron chi connectivity index (χ4n) is 2.38. The summed E-state index contributed by atoms with van der Waals surface area (Å²) in [7, 11) is -2.50. The maximum atomic E-state index is 13.3. The minimum absolute atomic E-state index is 0.241. The van der Waals surface area contributed by atoms with Gasteiger partial charge in [-0.1, -0.05) is 0 Å². The van der Waals surface area contributed by atoms with E-state index in [1.807, 2.05) is 0 Å². The number of nitrogens with zero attached hydrogens (tertiary/aromatic N) is 1. The molecule has 7 nitrogen and oxygen atoms in total. The lowest BCUT2D eigenvalue weighted by Gasteiger charge is -2.18. The van der Waals surface area contributed by atoms with Crippen molar-refractivity contribution in [3.05, 3.63) is 44.1 Å². The van der Waals surface area contributed by atoms with Crippen LogP contribution in [0.4, 0.5) is 13.2 Å². The largest absolute Gasteiger partial charge is 0.416 e. The third-order valence-corrected chi connectivity index (χ3v) is 4.34. The number of nitrogens with one attached hydrogen (secondary N) is 1. The summed E-state index contributed by atoms with van der Waals surface area (Å²) < 4.78 is 67.9. The number of methoxy groups -OCH3 is 1. The summed E-state index contributed by atoms with van der Waals surface area (Å²) in [6.45, 7) is 1.37. The van der Waals surface area contributed by atoms with E-state index in [0.29, 0.717) is 10.6 Å². The highest BCUT2D eigenvalue weighted by atomic mass is 32.2. The molecule has 1 unspecified atom stereocenters. The van der Waals surface area contributed by atoms with E-state index in [1.54, 1.807) is 0 Å². The third kappa shape index (κ3) is 3.93. The summed E-state index contributed by atoms with van der Waals surface area (Å²) in [6.07, 6.45) is -4.88. The summed E-state index contributed by atoms with van der Waals surface area (Å²) in [4.78, 5) is 26.4. The van der Waals surface area contributed by atoms with Crippen molar-refractivity contribution in [1.29, 1.82) is 0 Å². The maximum Gasteiger partial charge on any atom is 0.416 e. The van der Waals surface area contributed by atoms with Gasteiger partial charge in [-0.2, -0.15) is 13.2 Å². The highest BCUT2D eigenvalue weighted by Gasteiger charge is 2.35. The molecule has 2 rings (SSSR count). The molecule has 1 atom stereocenters. The topological polar surface area (TPSA) is 98.2 Å². The van der Waals surface area contributed by atoms with E-state index in [9.17, 15) is 31.2 Å². The molecule has 0 aliphatic heterocycles. The number of aromatic nitrogens is 2. The Labute approximate surface area is 140 Å². The second-order valence-electron chi connectivity index (χ2n) is 5.58. The van der Waals surface area contributed by atoms with Crippen LogP contribution in [0.3, 0.4) is 0 Å². The van der Waals surface area contributed by atoms with Crippen LogP contribution in [-0.4, -0.2) is 31.3 Å². The number of H-pyrrole nitrogens is 1. The molecule has 138 valence electrons. The number of ether oxygens (including phenoxy) is 1. The lowest BCUT2D eigenvalue weighted by Crippen LogP contribution is -2.37. The molecule has 11 heteroatoms. The molecular weight excluding hydrogens is 365 g/mol. The van der Waals surface area contributed by atoms with Crippen LogP contribution >= 0.6 is 0 Å². The Hall–Kier alpha value is -2.14. The van der Waals surface area contributed by atoms with Crippen LogP contribution in [-0.2, 0) is 26.6 Å². The van der Waals surface area contributed by atoms with Gasteiger partial charge in [-0.25, -0.2) is 17.8 Å². The minimum Gasteiger partial charge on any atom is -0.377 e. The maximum absolute atomic E-state index is 13.3. The Kier molecular flexibility index (Phi) is 4.83. The second-order valence-corrected chi connectivity index (χ2v) is 7.69. The molecule has 0 fully saturated rings. The number of sulfone groups is 1. The first-order valence-corrected chi connectivity index (χ1v) is 8.99. The first-order chi connectivity index (χ1) is 11.3. The molecular formula is C14H15F3N2O5S. The van der Waals surface area contributed by atoms with Crippen molar-refractivity contribution in [2.45, 2.75) is 25.1 Å². The van der Waals surface area contributed by atoms with Crippen molar-refractivity contribution in [2.24, 2.45) is 0 Å². The zero-order valence-electron chi connectivity index (χ0n) is 13.5. The second kappa shape index (κ2) is 6.30. The van der Waals surface area contributed by atoms with E-state index < -0.39 is 44.8 Å². The predicted molar refractivity (Wildman–Crippen MR) is 84.1 cm³/mol. The molecule has 0 aliphatic carbocycles. The molecule has 0 bridgehead atoms. The number of benzene rings is 1. The number of hydrogen-bond donors (Lipinski definition) is 1. The van der Waals surface area contributed by atoms with Crippen LogP contribution in [0.15, 0.2) is 21.7 Å². The number of hydrogen-bond acceptors (Lipinski definition) is 5. The van der Waals surface area contributed by atoms with Gasteiger partial charge in [0.15, 0.2) is 9.84 Å². The van der Waals surface area contributed by atoms with Crippen LogP contribution in [0.1, 0.15) is 24.2 Å². The first kappa shape index (κ1) is 19.2. The van der Waals surface area contributed by atoms with Gasteiger partial charge < -0.3 is 9.72 Å². The highest BCUT2D eigenvalue weighted by Crippen LogP contribution is 2.36. The van der Waals surface area contributed by atoms with Crippen LogP contribution in [0.25, 0.3) is 10.9 Å². The van der Waals surface area contributed by atoms with Crippen molar-refractivity contribution in [3.8, 4) is 0 Å². The number of fused-ring (bicyclic) bond motifs is 1. The molecule has 0 amide bonds. The monoisotopic (exact) mass is 380 g/mol. The lowest BCUT2D eigenvalue weighted by molar-refractivity contribution is -0.139. The van der Waals surface area contributed by atoms with Gasteiger partial charge in [0.1, 0.15) is 5.88 Å². The van der Waals surface area contributed by atoms with Crippen molar-refractivity contribution in [2.75, 3.05) is 13.4 Å². The van der Waals surface area contributed by atoms with Gasteiger partial charge in [0.05, 0.1) is 22.6 Å². The molecule has 1 N–H and O–H groups in total. The summed E-state index contributed by atoms with van der Waals surface area (Å²) >= 11 is 0. The molecule has 25 heavy (non-hydrogen) atoms. The minimum atomic E-state index is -4.73. The number of aromatic amines is 1. The van der Waals surface area contributed by atoms with Crippen molar-refractivity contribution >= 4 is 20.7 Å². The van der Waals surface area contributed by atoms with E-state index in [-0.39, 0.29) is 16.5 Å². The predicted octanol–water partition coefficient (Wildman–Crippen LogP) is 1.42. The van der Waals surface area contributed by atoms with Gasteiger partial charge in [-0.3, -0.25) is 4.79 Å². The third-order valence-electron chi connectivity index (χ3n) is 3.61. The van der Waals surface area contributed by atoms with Gasteiger partial charge in [0, 0.05) is 13.4 Å². The number of rotatable bonds is 4. The van der Waals surface area contributed by atoms with Gasteiger partial charge in [-0.05, 0) is 24.6 Å². The SMILES string of the molecule is COC(C)c1cc2c(=O)n(CS(C)(=O)=O)c(=O)[nH]c2cc1C(F)(F)F. The van der Waals surface area contributed by atoms with E-state index >= 15 is 0 Å². The fourth-order valence-corrected chi connectivity index (χ4v) is 3.08. The quantitative estimate of drug-likeness (QED) is 0.865. The molecule has 0 aliphatic rings. The van der Waals surface area contributed by atoms with E-state index in [2.05, 4.69) is 4.98 Å². The normalized spacial score (nSPS) is 14.0. The van der Waals surface area contributed by atoms with Crippen LogP contribution in [0.2, 0.25) is 0 Å². The summed E-state index contributed by atoms with van der Waals surface area (Å²) in [5, 5.41) is -0.241. The molecule has 0 radical (unpaired) electrons. The summed E-state index contributed by atoms with van der Waals surface area (Å²) in [5.74, 6) is -0.882. The van der Waals surface area contributed by atoms with Crippen LogP contribution in [0, 0.1) is 0 Å². The lowest BCUT2D eigenvalue weighted by atomic mass is 10.00. The number of halogens is 3. The Bertz CT molecular complexity index is 1040. The van der Waals surface area contributed by atoms with Gasteiger partial charge in [0.2, 0.25) is 0 Å². The Morgan fingerprint density at radius 1 is 1.28 bits per heavy atom. The smallest absolute Gasteiger partial charge is 0.377 e. The average molecular weight is 380 g/mol. The average Bonchev–Trinajstić information content (AvgIpc) is 2.47. The molecule has 1 aromatic heterocycles. The standard InChI is InChI=1S/C14H15F3N2O5S/c1-7(24-2)8-4-9-11(5-10(8)14(15,16)17)18-13(21)19(12(9)20)6-25(3,22)23/h4-5,7H,6H2,1-3H3,(H,18,21). The summed E-state index contributed by atoms with van der Waals surface area (Å²) in [6, 6.07) is 1.61. The number of alkyl halides is 3. The Morgan fingerprint density at radius 2 is 1.88 bits per heavy atom. The van der Waals surface area contributed by atoms with Crippen LogP contribution < -0.4 is 11.2 Å². The van der Waals surface area contributed by atoms with Crippen molar-refractivity contribution in [3.63, 3.8) is 0 Å². The molecule has 1 aromatic carbocycles.